The molecule has 4 nitrogen and oxygen atoms in total. The molecule has 0 atom stereocenters. The van der Waals surface area contributed by atoms with Crippen molar-refractivity contribution in [3.8, 4) is 0 Å². The van der Waals surface area contributed by atoms with E-state index >= 15 is 0 Å². The average molecular weight is 323 g/mol. The molecule has 0 fully saturated rings. The van der Waals surface area contributed by atoms with Gasteiger partial charge in [0, 0.05) is 6.54 Å². The van der Waals surface area contributed by atoms with Crippen molar-refractivity contribution < 1.29 is 9.90 Å². The van der Waals surface area contributed by atoms with E-state index in [1.165, 1.54) is 24.8 Å². The number of hydrogen-bond acceptors (Lipinski definition) is 3. The number of hydrogen-bond donors (Lipinski definition) is 3. The number of carbonyl (C=O) groups excluding carboxylic acids is 1. The molecule has 0 saturated heterocycles. The molecule has 0 heterocycles. The van der Waals surface area contributed by atoms with E-state index in [9.17, 15) is 4.79 Å². The maximum absolute atomic E-state index is 11.8. The van der Waals surface area contributed by atoms with E-state index in [0.29, 0.717) is 17.3 Å². The first kappa shape index (κ1) is 16.8. The van der Waals surface area contributed by atoms with Crippen LogP contribution in [0, 0.1) is 0 Å². The predicted molar refractivity (Wildman–Crippen MR) is 90.0 cm³/mol. The van der Waals surface area contributed by atoms with Crippen LogP contribution in [0.15, 0.2) is 29.8 Å². The van der Waals surface area contributed by atoms with Crippen LogP contribution >= 0.6 is 11.6 Å². The quantitative estimate of drug-likeness (QED) is 0.675. The standard InChI is InChI=1S/C17H23ClN2O2/c18-15-7-6-14(12-21)10-16(15)20-11-17(22)19-9-8-13-4-2-1-3-5-13/h4,6-7,10,20-21H,1-3,5,8-9,11-12H2,(H,19,22). The largest absolute Gasteiger partial charge is 0.392 e. The highest BCUT2D eigenvalue weighted by Crippen LogP contribution is 2.23. The summed E-state index contributed by atoms with van der Waals surface area (Å²) in [6.07, 6.45) is 8.12. The van der Waals surface area contributed by atoms with Gasteiger partial charge in [-0.25, -0.2) is 0 Å². The second-order valence-electron chi connectivity index (χ2n) is 5.53. The third-order valence-corrected chi connectivity index (χ3v) is 4.14. The topological polar surface area (TPSA) is 61.4 Å². The summed E-state index contributed by atoms with van der Waals surface area (Å²) >= 11 is 6.06. The Hall–Kier alpha value is -1.52. The van der Waals surface area contributed by atoms with Gasteiger partial charge in [-0.15, -0.1) is 0 Å². The molecule has 1 amide bonds. The lowest BCUT2D eigenvalue weighted by atomic mass is 9.97. The summed E-state index contributed by atoms with van der Waals surface area (Å²) in [4.78, 5) is 11.8. The lowest BCUT2D eigenvalue weighted by molar-refractivity contribution is -0.119. The lowest BCUT2D eigenvalue weighted by Gasteiger charge is -2.13. The molecule has 0 aromatic heterocycles. The van der Waals surface area contributed by atoms with Gasteiger partial charge in [0.2, 0.25) is 5.91 Å². The van der Waals surface area contributed by atoms with Gasteiger partial charge in [0.05, 0.1) is 23.9 Å². The maximum Gasteiger partial charge on any atom is 0.239 e. The van der Waals surface area contributed by atoms with Crippen LogP contribution in [-0.2, 0) is 11.4 Å². The number of amides is 1. The summed E-state index contributed by atoms with van der Waals surface area (Å²) < 4.78 is 0. The normalized spacial score (nSPS) is 14.4. The van der Waals surface area contributed by atoms with Gasteiger partial charge < -0.3 is 15.7 Å². The summed E-state index contributed by atoms with van der Waals surface area (Å²) in [6.45, 7) is 0.803. The van der Waals surface area contributed by atoms with Gasteiger partial charge in [-0.3, -0.25) is 4.79 Å². The molecule has 1 aliphatic carbocycles. The Morgan fingerprint density at radius 3 is 2.91 bits per heavy atom. The highest BCUT2D eigenvalue weighted by atomic mass is 35.5. The number of aliphatic hydroxyl groups is 1. The first-order chi connectivity index (χ1) is 10.7. The van der Waals surface area contributed by atoms with E-state index in [1.807, 2.05) is 0 Å². The smallest absolute Gasteiger partial charge is 0.239 e. The van der Waals surface area contributed by atoms with Crippen LogP contribution in [-0.4, -0.2) is 24.1 Å². The Balaban J connectivity index is 1.72. The van der Waals surface area contributed by atoms with E-state index in [4.69, 9.17) is 16.7 Å². The van der Waals surface area contributed by atoms with Crippen molar-refractivity contribution in [3.05, 3.63) is 40.4 Å². The number of carbonyl (C=O) groups is 1. The van der Waals surface area contributed by atoms with E-state index in [-0.39, 0.29) is 19.1 Å². The first-order valence-corrected chi connectivity index (χ1v) is 8.14. The zero-order valence-corrected chi connectivity index (χ0v) is 13.5. The van der Waals surface area contributed by atoms with Crippen LogP contribution in [0.4, 0.5) is 5.69 Å². The molecule has 0 radical (unpaired) electrons. The van der Waals surface area contributed by atoms with Gasteiger partial charge in [0.25, 0.3) is 0 Å². The number of rotatable bonds is 7. The SMILES string of the molecule is O=C(CNc1cc(CO)ccc1Cl)NCCC1=CCCCC1. The molecule has 1 aromatic rings. The average Bonchev–Trinajstić information content (AvgIpc) is 2.55. The molecule has 0 aliphatic heterocycles. The van der Waals surface area contributed by atoms with Crippen molar-refractivity contribution in [2.24, 2.45) is 0 Å². The van der Waals surface area contributed by atoms with Gasteiger partial charge in [0.15, 0.2) is 0 Å². The van der Waals surface area contributed by atoms with Gasteiger partial charge in [-0.2, -0.15) is 0 Å². The second kappa shape index (κ2) is 8.81. The third kappa shape index (κ3) is 5.35. The summed E-state index contributed by atoms with van der Waals surface area (Å²) in [6, 6.07) is 5.22. The predicted octanol–water partition coefficient (Wildman–Crippen LogP) is 3.25. The van der Waals surface area contributed by atoms with E-state index in [2.05, 4.69) is 16.7 Å². The molecular formula is C17H23ClN2O2. The molecule has 1 aromatic carbocycles. The van der Waals surface area contributed by atoms with Crippen LogP contribution in [0.5, 0.6) is 0 Å². The lowest BCUT2D eigenvalue weighted by Crippen LogP contribution is -2.30. The molecule has 2 rings (SSSR count). The van der Waals surface area contributed by atoms with E-state index in [0.717, 1.165) is 18.4 Å². The Morgan fingerprint density at radius 2 is 2.18 bits per heavy atom. The van der Waals surface area contributed by atoms with Crippen molar-refractivity contribution in [3.63, 3.8) is 0 Å². The molecule has 1 aliphatic rings. The van der Waals surface area contributed by atoms with Crippen molar-refractivity contribution in [2.45, 2.75) is 38.7 Å². The molecule has 3 N–H and O–H groups in total. The second-order valence-corrected chi connectivity index (χ2v) is 5.94. The number of allylic oxidation sites excluding steroid dienone is 1. The Bertz CT molecular complexity index is 543. The Labute approximate surface area is 136 Å². The van der Waals surface area contributed by atoms with Crippen LogP contribution in [0.3, 0.4) is 0 Å². The van der Waals surface area contributed by atoms with Gasteiger partial charge in [-0.1, -0.05) is 29.3 Å². The molecule has 0 bridgehead atoms. The molecule has 5 heteroatoms. The minimum absolute atomic E-state index is 0.0485. The number of aliphatic hydroxyl groups excluding tert-OH is 1. The summed E-state index contributed by atoms with van der Waals surface area (Å²) in [5.74, 6) is -0.0538. The van der Waals surface area contributed by atoms with Crippen LogP contribution in [0.25, 0.3) is 0 Å². The maximum atomic E-state index is 11.8. The molecule has 120 valence electrons. The van der Waals surface area contributed by atoms with Crippen molar-refractivity contribution >= 4 is 23.2 Å². The number of anilines is 1. The minimum Gasteiger partial charge on any atom is -0.392 e. The first-order valence-electron chi connectivity index (χ1n) is 7.77. The fourth-order valence-corrected chi connectivity index (χ4v) is 2.72. The fraction of sp³-hybridized carbons (Fsp3) is 0.471. The Morgan fingerprint density at radius 1 is 1.32 bits per heavy atom. The number of benzene rings is 1. The zero-order valence-electron chi connectivity index (χ0n) is 12.7. The summed E-state index contributed by atoms with van der Waals surface area (Å²) in [5.41, 5.74) is 2.88. The van der Waals surface area contributed by atoms with E-state index in [1.54, 1.807) is 18.2 Å². The molecule has 22 heavy (non-hydrogen) atoms. The number of nitrogens with one attached hydrogen (secondary N) is 2. The van der Waals surface area contributed by atoms with Gasteiger partial charge in [-0.05, 0) is 49.8 Å². The summed E-state index contributed by atoms with van der Waals surface area (Å²) in [7, 11) is 0. The summed E-state index contributed by atoms with van der Waals surface area (Å²) in [5, 5.41) is 15.6. The highest BCUT2D eigenvalue weighted by molar-refractivity contribution is 6.33. The molecule has 0 spiro atoms. The van der Waals surface area contributed by atoms with Gasteiger partial charge in [0.1, 0.15) is 0 Å². The van der Waals surface area contributed by atoms with Crippen molar-refractivity contribution in [2.75, 3.05) is 18.4 Å². The number of halogens is 1. The van der Waals surface area contributed by atoms with Crippen molar-refractivity contribution in [1.82, 2.24) is 5.32 Å². The third-order valence-electron chi connectivity index (χ3n) is 3.81. The zero-order chi connectivity index (χ0) is 15.8. The monoisotopic (exact) mass is 322 g/mol. The highest BCUT2D eigenvalue weighted by Gasteiger charge is 2.07. The van der Waals surface area contributed by atoms with Crippen molar-refractivity contribution in [1.29, 1.82) is 0 Å². The van der Waals surface area contributed by atoms with Crippen LogP contribution < -0.4 is 10.6 Å². The van der Waals surface area contributed by atoms with E-state index < -0.39 is 0 Å². The molecule has 0 saturated carbocycles. The van der Waals surface area contributed by atoms with Gasteiger partial charge >= 0.3 is 0 Å². The fourth-order valence-electron chi connectivity index (χ4n) is 2.54. The Kier molecular flexibility index (Phi) is 6.74. The van der Waals surface area contributed by atoms with Crippen LogP contribution in [0.2, 0.25) is 5.02 Å². The van der Waals surface area contributed by atoms with Crippen LogP contribution in [0.1, 0.15) is 37.7 Å². The molecular weight excluding hydrogens is 300 g/mol. The minimum atomic E-state index is -0.0538. The molecule has 0 unspecified atom stereocenters.